The number of hydrogen-bond donors (Lipinski definition) is 1. The van der Waals surface area contributed by atoms with E-state index in [4.69, 9.17) is 27.4 Å². The first-order valence-electron chi connectivity index (χ1n) is 9.77. The summed E-state index contributed by atoms with van der Waals surface area (Å²) in [6.07, 6.45) is 1.10. The van der Waals surface area contributed by atoms with Gasteiger partial charge in [0.25, 0.3) is 17.3 Å². The molecule has 0 aliphatic rings. The Morgan fingerprint density at radius 3 is 2.24 bits per heavy atom. The molecule has 0 saturated carbocycles. The van der Waals surface area contributed by atoms with Crippen LogP contribution in [0, 0.1) is 31.6 Å². The highest BCUT2D eigenvalue weighted by Gasteiger charge is 2.27. The highest BCUT2D eigenvalue weighted by Crippen LogP contribution is 2.35. The number of amides is 1. The maximum atomic E-state index is 12.6. The average molecular weight is 563 g/mol. The minimum Gasteiger partial charge on any atom is -0.379 e. The minimum atomic E-state index is -4.60. The Morgan fingerprint density at radius 1 is 1.00 bits per heavy atom. The first-order chi connectivity index (χ1) is 17.4. The lowest BCUT2D eigenvalue weighted by molar-refractivity contribution is -0.387. The zero-order valence-electron chi connectivity index (χ0n) is 18.1. The van der Waals surface area contributed by atoms with Gasteiger partial charge in [-0.3, -0.25) is 25.0 Å². The summed E-state index contributed by atoms with van der Waals surface area (Å²) in [7, 11) is -4.60. The molecule has 0 radical (unpaired) electrons. The molecule has 0 unspecified atom stereocenters. The molecule has 3 aromatic carbocycles. The van der Waals surface area contributed by atoms with E-state index >= 15 is 0 Å². The van der Waals surface area contributed by atoms with E-state index in [1.165, 1.54) is 36.4 Å². The normalized spacial score (nSPS) is 11.3. The first kappa shape index (κ1) is 27.1. The Hall–Kier alpha value is -4.51. The lowest BCUT2D eigenvalue weighted by Gasteiger charge is -2.09. The van der Waals surface area contributed by atoms with Crippen molar-refractivity contribution in [2.24, 2.45) is 0 Å². The molecule has 0 aliphatic heterocycles. The van der Waals surface area contributed by atoms with E-state index in [2.05, 4.69) is 5.32 Å². The van der Waals surface area contributed by atoms with Gasteiger partial charge >= 0.3 is 10.1 Å². The second kappa shape index (κ2) is 11.0. The summed E-state index contributed by atoms with van der Waals surface area (Å²) < 4.78 is 30.3. The molecular formula is C22H12Cl2N4O8S. The second-order valence-electron chi connectivity index (χ2n) is 7.00. The summed E-state index contributed by atoms with van der Waals surface area (Å²) in [6, 6.07) is 13.5. The summed E-state index contributed by atoms with van der Waals surface area (Å²) in [5.41, 5.74) is -1.53. The number of nitriles is 1. The first-order valence-corrected chi connectivity index (χ1v) is 11.9. The number of halogens is 2. The molecule has 0 atom stereocenters. The molecule has 12 nitrogen and oxygen atoms in total. The van der Waals surface area contributed by atoms with Gasteiger partial charge in [-0.15, -0.1) is 0 Å². The quantitative estimate of drug-likeness (QED) is 0.128. The molecule has 15 heteroatoms. The number of rotatable bonds is 8. The van der Waals surface area contributed by atoms with Crippen LogP contribution < -0.4 is 9.50 Å². The average Bonchev–Trinajstić information content (AvgIpc) is 2.84. The fourth-order valence-electron chi connectivity index (χ4n) is 2.93. The van der Waals surface area contributed by atoms with Crippen molar-refractivity contribution in [2.45, 2.75) is 4.90 Å². The predicted octanol–water partition coefficient (Wildman–Crippen LogP) is 5.12. The highest BCUT2D eigenvalue weighted by molar-refractivity contribution is 7.87. The molecule has 0 saturated heterocycles. The van der Waals surface area contributed by atoms with E-state index < -0.39 is 47.7 Å². The van der Waals surface area contributed by atoms with Crippen LogP contribution in [0.25, 0.3) is 6.08 Å². The van der Waals surface area contributed by atoms with Gasteiger partial charge < -0.3 is 9.50 Å². The number of non-ortho nitro benzene ring substituents is 1. The number of hydrogen-bond acceptors (Lipinski definition) is 9. The van der Waals surface area contributed by atoms with Crippen molar-refractivity contribution in [1.82, 2.24) is 0 Å². The molecule has 37 heavy (non-hydrogen) atoms. The molecule has 1 N–H and O–H groups in total. The third-order valence-electron chi connectivity index (χ3n) is 4.55. The van der Waals surface area contributed by atoms with Gasteiger partial charge in [-0.2, -0.15) is 13.7 Å². The Bertz CT molecular complexity index is 1590. The Labute approximate surface area is 218 Å². The van der Waals surface area contributed by atoms with Crippen LogP contribution in [-0.4, -0.2) is 24.2 Å². The van der Waals surface area contributed by atoms with Gasteiger partial charge in [0.15, 0.2) is 4.90 Å². The Morgan fingerprint density at radius 2 is 1.65 bits per heavy atom. The van der Waals surface area contributed by atoms with Crippen LogP contribution in [0.1, 0.15) is 5.56 Å². The molecule has 0 aliphatic carbocycles. The molecule has 0 fully saturated rings. The molecule has 0 spiro atoms. The van der Waals surface area contributed by atoms with E-state index in [-0.39, 0.29) is 27.0 Å². The Kier molecular flexibility index (Phi) is 8.08. The second-order valence-corrected chi connectivity index (χ2v) is 9.33. The van der Waals surface area contributed by atoms with Crippen LogP contribution in [0.15, 0.2) is 71.1 Å². The van der Waals surface area contributed by atoms with E-state index in [0.29, 0.717) is 0 Å². The Balaban J connectivity index is 1.88. The fraction of sp³-hybridized carbons (Fsp3) is 0. The van der Waals surface area contributed by atoms with E-state index in [0.717, 1.165) is 30.3 Å². The standard InChI is InChI=1S/C22H12Cl2N4O8S/c23-17-10-15(27(30)31)11-18(24)21(17)26-22(29)14(12-25)8-13-4-3-5-16(9-13)36-37(34,35)20-7-2-1-6-19(20)28(32)33/h1-11H,(H,26,29)/b14-8+. The van der Waals surface area contributed by atoms with Gasteiger partial charge in [-0.05, 0) is 29.8 Å². The predicted molar refractivity (Wildman–Crippen MR) is 133 cm³/mol. The lowest BCUT2D eigenvalue weighted by Crippen LogP contribution is -2.14. The number of carbonyl (C=O) groups excluding carboxylic acids is 1. The number of nitro benzene ring substituents is 2. The van der Waals surface area contributed by atoms with Gasteiger partial charge in [-0.25, -0.2) is 0 Å². The van der Waals surface area contributed by atoms with Crippen LogP contribution in [-0.2, 0) is 14.9 Å². The van der Waals surface area contributed by atoms with Gasteiger partial charge in [0.05, 0.1) is 25.6 Å². The zero-order chi connectivity index (χ0) is 27.3. The molecule has 3 rings (SSSR count). The summed E-state index contributed by atoms with van der Waals surface area (Å²) in [6.45, 7) is 0. The van der Waals surface area contributed by atoms with Crippen molar-refractivity contribution in [3.63, 3.8) is 0 Å². The molecule has 0 aromatic heterocycles. The molecule has 1 amide bonds. The van der Waals surface area contributed by atoms with Crippen LogP contribution in [0.3, 0.4) is 0 Å². The number of para-hydroxylation sites is 1. The monoisotopic (exact) mass is 562 g/mol. The topological polar surface area (TPSA) is 183 Å². The largest absolute Gasteiger partial charge is 0.379 e. The van der Waals surface area contributed by atoms with E-state index in [9.17, 15) is 38.7 Å². The van der Waals surface area contributed by atoms with Gasteiger partial charge in [0.1, 0.15) is 17.4 Å². The number of nitro groups is 2. The number of benzene rings is 3. The molecule has 3 aromatic rings. The van der Waals surface area contributed by atoms with E-state index in [1.54, 1.807) is 6.07 Å². The number of nitrogens with one attached hydrogen (secondary N) is 1. The third kappa shape index (κ3) is 6.39. The smallest absolute Gasteiger partial charge is 0.346 e. The van der Waals surface area contributed by atoms with Crippen molar-refractivity contribution in [2.75, 3.05) is 5.32 Å². The SMILES string of the molecule is N#C/C(=C\c1cccc(OS(=O)(=O)c2ccccc2[N+](=O)[O-])c1)C(=O)Nc1c(Cl)cc([N+](=O)[O-])cc1Cl. The van der Waals surface area contributed by atoms with Crippen molar-refractivity contribution in [3.8, 4) is 11.8 Å². The minimum absolute atomic E-state index is 0.160. The van der Waals surface area contributed by atoms with Crippen molar-refractivity contribution >= 4 is 62.4 Å². The maximum Gasteiger partial charge on any atom is 0.346 e. The van der Waals surface area contributed by atoms with Crippen LogP contribution >= 0.6 is 23.2 Å². The summed E-state index contributed by atoms with van der Waals surface area (Å²) in [4.78, 5) is 32.5. The van der Waals surface area contributed by atoms with E-state index in [1.807, 2.05) is 0 Å². The number of carbonyl (C=O) groups is 1. The molecular weight excluding hydrogens is 551 g/mol. The summed E-state index contributed by atoms with van der Waals surface area (Å²) in [5, 5.41) is 33.4. The van der Waals surface area contributed by atoms with Crippen LogP contribution in [0.4, 0.5) is 17.1 Å². The van der Waals surface area contributed by atoms with Gasteiger partial charge in [-0.1, -0.05) is 47.5 Å². The number of nitrogens with zero attached hydrogens (tertiary/aromatic N) is 3. The maximum absolute atomic E-state index is 12.6. The highest BCUT2D eigenvalue weighted by atomic mass is 35.5. The lowest BCUT2D eigenvalue weighted by atomic mass is 10.1. The molecule has 0 bridgehead atoms. The van der Waals surface area contributed by atoms with Gasteiger partial charge in [0.2, 0.25) is 0 Å². The fourth-order valence-corrected chi connectivity index (χ4v) is 4.59. The van der Waals surface area contributed by atoms with Gasteiger partial charge in [0, 0.05) is 18.2 Å². The summed E-state index contributed by atoms with van der Waals surface area (Å²) in [5.74, 6) is -1.20. The van der Waals surface area contributed by atoms with Crippen molar-refractivity contribution < 1.29 is 27.2 Å². The zero-order valence-corrected chi connectivity index (χ0v) is 20.5. The summed E-state index contributed by atoms with van der Waals surface area (Å²) >= 11 is 11.9. The van der Waals surface area contributed by atoms with Crippen LogP contribution in [0.2, 0.25) is 10.0 Å². The van der Waals surface area contributed by atoms with Crippen molar-refractivity contribution in [3.05, 3.63) is 102 Å². The molecule has 0 heterocycles. The van der Waals surface area contributed by atoms with Crippen molar-refractivity contribution in [1.29, 1.82) is 5.26 Å². The number of anilines is 1. The van der Waals surface area contributed by atoms with Crippen LogP contribution in [0.5, 0.6) is 5.75 Å². The third-order valence-corrected chi connectivity index (χ3v) is 6.44. The molecule has 188 valence electrons.